The number of aryl methyl sites for hydroxylation is 2. The Balaban J connectivity index is 3.03. The van der Waals surface area contributed by atoms with Gasteiger partial charge in [-0.25, -0.2) is 8.42 Å². The first kappa shape index (κ1) is 15.9. The molecule has 0 aliphatic carbocycles. The molecular formula is C15H22O3S. The summed E-state index contributed by atoms with van der Waals surface area (Å²) in [5.74, 6) is -0.242. The second-order valence-corrected chi connectivity index (χ2v) is 7.90. The van der Waals surface area contributed by atoms with Gasteiger partial charge < -0.3 is 0 Å². The van der Waals surface area contributed by atoms with Crippen LogP contribution in [0, 0.1) is 19.8 Å². The Kier molecular flexibility index (Phi) is 4.91. The zero-order chi connectivity index (χ0) is 14.8. The third kappa shape index (κ3) is 3.90. The lowest BCUT2D eigenvalue weighted by Crippen LogP contribution is -2.31. The SMILES string of the molecule is Cc1ccc(C(=O)C(C)S(=O)(=O)CC(C)C)cc1C. The number of sulfone groups is 1. The number of Topliss-reactive ketones (excluding diaryl/α,β-unsaturated/α-hetero) is 1. The molecule has 1 unspecified atom stereocenters. The molecule has 1 rings (SSSR count). The van der Waals surface area contributed by atoms with Gasteiger partial charge in [0, 0.05) is 5.56 Å². The van der Waals surface area contributed by atoms with Crippen molar-refractivity contribution in [1.82, 2.24) is 0 Å². The smallest absolute Gasteiger partial charge is 0.180 e. The van der Waals surface area contributed by atoms with Crippen molar-refractivity contribution in [3.8, 4) is 0 Å². The standard InChI is InChI=1S/C15H22O3S/c1-10(2)9-19(17,18)13(5)15(16)14-7-6-11(3)12(4)8-14/h6-8,10,13H,9H2,1-5H3. The average molecular weight is 282 g/mol. The van der Waals surface area contributed by atoms with Gasteiger partial charge in [0.15, 0.2) is 15.6 Å². The molecule has 0 N–H and O–H groups in total. The number of ketones is 1. The van der Waals surface area contributed by atoms with E-state index in [4.69, 9.17) is 0 Å². The summed E-state index contributed by atoms with van der Waals surface area (Å²) in [5.41, 5.74) is 2.57. The maximum Gasteiger partial charge on any atom is 0.180 e. The minimum absolute atomic E-state index is 0.0278. The zero-order valence-corrected chi connectivity index (χ0v) is 13.0. The lowest BCUT2D eigenvalue weighted by atomic mass is 10.0. The largest absolute Gasteiger partial charge is 0.293 e. The molecule has 1 atom stereocenters. The van der Waals surface area contributed by atoms with Gasteiger partial charge >= 0.3 is 0 Å². The Morgan fingerprint density at radius 1 is 1.11 bits per heavy atom. The second kappa shape index (κ2) is 5.87. The van der Waals surface area contributed by atoms with Crippen LogP contribution in [0.1, 0.15) is 42.3 Å². The highest BCUT2D eigenvalue weighted by Crippen LogP contribution is 2.16. The molecule has 0 fully saturated rings. The summed E-state index contributed by atoms with van der Waals surface area (Å²) < 4.78 is 24.2. The van der Waals surface area contributed by atoms with E-state index in [1.807, 2.05) is 33.8 Å². The lowest BCUT2D eigenvalue weighted by Gasteiger charge is -2.14. The molecule has 0 saturated carbocycles. The van der Waals surface area contributed by atoms with Crippen molar-refractivity contribution in [2.24, 2.45) is 5.92 Å². The van der Waals surface area contributed by atoms with Crippen LogP contribution in [0.5, 0.6) is 0 Å². The monoisotopic (exact) mass is 282 g/mol. The Bertz CT molecular complexity index is 571. The average Bonchev–Trinajstić information content (AvgIpc) is 2.29. The van der Waals surface area contributed by atoms with Crippen molar-refractivity contribution in [2.75, 3.05) is 5.75 Å². The topological polar surface area (TPSA) is 51.2 Å². The number of benzene rings is 1. The van der Waals surface area contributed by atoms with Gasteiger partial charge in [-0.3, -0.25) is 4.79 Å². The Morgan fingerprint density at radius 2 is 1.68 bits per heavy atom. The molecule has 0 heterocycles. The summed E-state index contributed by atoms with van der Waals surface area (Å²) in [6.45, 7) is 9.03. The molecule has 3 nitrogen and oxygen atoms in total. The molecule has 0 radical (unpaired) electrons. The van der Waals surface area contributed by atoms with E-state index in [2.05, 4.69) is 0 Å². The fourth-order valence-corrected chi connectivity index (χ4v) is 3.58. The van der Waals surface area contributed by atoms with Crippen LogP contribution in [-0.2, 0) is 9.84 Å². The summed E-state index contributed by atoms with van der Waals surface area (Å²) in [7, 11) is -3.38. The Labute approximate surface area is 116 Å². The minimum Gasteiger partial charge on any atom is -0.293 e. The number of carbonyl (C=O) groups is 1. The van der Waals surface area contributed by atoms with Crippen molar-refractivity contribution >= 4 is 15.6 Å². The van der Waals surface area contributed by atoms with E-state index in [9.17, 15) is 13.2 Å². The van der Waals surface area contributed by atoms with E-state index < -0.39 is 15.1 Å². The van der Waals surface area contributed by atoms with Crippen LogP contribution in [0.4, 0.5) is 0 Å². The predicted octanol–water partition coefficient (Wildman–Crippen LogP) is 2.95. The molecule has 0 bridgehead atoms. The van der Waals surface area contributed by atoms with E-state index in [1.54, 1.807) is 12.1 Å². The van der Waals surface area contributed by atoms with Gasteiger partial charge in [0.2, 0.25) is 0 Å². The molecule has 0 aromatic heterocycles. The Hall–Kier alpha value is -1.16. The number of rotatable bonds is 5. The number of carbonyl (C=O) groups excluding carboxylic acids is 1. The number of hydrogen-bond acceptors (Lipinski definition) is 3. The second-order valence-electron chi connectivity index (χ2n) is 5.53. The summed E-state index contributed by atoms with van der Waals surface area (Å²) >= 11 is 0. The van der Waals surface area contributed by atoms with E-state index in [0.717, 1.165) is 11.1 Å². The van der Waals surface area contributed by atoms with Crippen LogP contribution in [0.2, 0.25) is 0 Å². The summed E-state index contributed by atoms with van der Waals surface area (Å²) in [6, 6.07) is 5.31. The maximum absolute atomic E-state index is 12.3. The van der Waals surface area contributed by atoms with E-state index in [-0.39, 0.29) is 17.5 Å². The molecule has 19 heavy (non-hydrogen) atoms. The molecule has 0 spiro atoms. The van der Waals surface area contributed by atoms with Crippen LogP contribution >= 0.6 is 0 Å². The summed E-state index contributed by atoms with van der Waals surface area (Å²) in [4.78, 5) is 12.3. The van der Waals surface area contributed by atoms with Crippen LogP contribution in [0.25, 0.3) is 0 Å². The fourth-order valence-electron chi connectivity index (χ4n) is 1.90. The number of hydrogen-bond donors (Lipinski definition) is 0. The van der Waals surface area contributed by atoms with Gasteiger partial charge in [0.1, 0.15) is 5.25 Å². The highest BCUT2D eigenvalue weighted by atomic mass is 32.2. The maximum atomic E-state index is 12.3. The molecule has 4 heteroatoms. The van der Waals surface area contributed by atoms with Gasteiger partial charge in [-0.05, 0) is 43.9 Å². The molecule has 1 aromatic carbocycles. The third-order valence-electron chi connectivity index (χ3n) is 3.26. The molecule has 1 aromatic rings. The van der Waals surface area contributed by atoms with Crippen molar-refractivity contribution in [2.45, 2.75) is 39.9 Å². The Morgan fingerprint density at radius 3 is 2.16 bits per heavy atom. The first-order chi connectivity index (χ1) is 8.65. The van der Waals surface area contributed by atoms with E-state index >= 15 is 0 Å². The van der Waals surface area contributed by atoms with Gasteiger partial charge in [-0.2, -0.15) is 0 Å². The highest BCUT2D eigenvalue weighted by Gasteiger charge is 2.29. The molecule has 0 aliphatic rings. The first-order valence-corrected chi connectivity index (χ1v) is 8.19. The molecular weight excluding hydrogens is 260 g/mol. The van der Waals surface area contributed by atoms with Crippen molar-refractivity contribution in [1.29, 1.82) is 0 Å². The lowest BCUT2D eigenvalue weighted by molar-refractivity contribution is 0.0991. The third-order valence-corrected chi connectivity index (χ3v) is 5.69. The minimum atomic E-state index is -3.38. The quantitative estimate of drug-likeness (QED) is 0.780. The van der Waals surface area contributed by atoms with Gasteiger partial charge in [0.25, 0.3) is 0 Å². The van der Waals surface area contributed by atoms with E-state index in [1.165, 1.54) is 6.92 Å². The summed E-state index contributed by atoms with van der Waals surface area (Å²) in [6.07, 6.45) is 0. The zero-order valence-electron chi connectivity index (χ0n) is 12.2. The highest BCUT2D eigenvalue weighted by molar-refractivity contribution is 7.92. The van der Waals surface area contributed by atoms with Gasteiger partial charge in [0.05, 0.1) is 5.75 Å². The van der Waals surface area contributed by atoms with Gasteiger partial charge in [-0.15, -0.1) is 0 Å². The summed E-state index contributed by atoms with van der Waals surface area (Å²) in [5, 5.41) is -0.975. The fraction of sp³-hybridized carbons (Fsp3) is 0.533. The molecule has 0 saturated heterocycles. The van der Waals surface area contributed by atoms with Crippen molar-refractivity contribution in [3.63, 3.8) is 0 Å². The van der Waals surface area contributed by atoms with Gasteiger partial charge in [-0.1, -0.05) is 26.0 Å². The van der Waals surface area contributed by atoms with Crippen molar-refractivity contribution < 1.29 is 13.2 Å². The molecule has 0 amide bonds. The van der Waals surface area contributed by atoms with E-state index in [0.29, 0.717) is 5.56 Å². The predicted molar refractivity (Wildman–Crippen MR) is 78.3 cm³/mol. The van der Waals surface area contributed by atoms with Crippen LogP contribution in [0.3, 0.4) is 0 Å². The van der Waals surface area contributed by atoms with Crippen LogP contribution in [-0.4, -0.2) is 25.2 Å². The van der Waals surface area contributed by atoms with Crippen LogP contribution < -0.4 is 0 Å². The molecule has 0 aliphatic heterocycles. The molecule has 106 valence electrons. The normalized spacial score (nSPS) is 13.6. The first-order valence-electron chi connectivity index (χ1n) is 6.48. The van der Waals surface area contributed by atoms with Crippen molar-refractivity contribution in [3.05, 3.63) is 34.9 Å². The van der Waals surface area contributed by atoms with Crippen LogP contribution in [0.15, 0.2) is 18.2 Å².